The van der Waals surface area contributed by atoms with Crippen molar-refractivity contribution in [3.8, 4) is 0 Å². The number of piperidine rings is 1. The van der Waals surface area contributed by atoms with Crippen molar-refractivity contribution in [3.63, 3.8) is 0 Å². The molecule has 164 valence electrons. The molecule has 0 radical (unpaired) electrons. The highest BCUT2D eigenvalue weighted by molar-refractivity contribution is 5.97. The molecule has 1 atom stereocenters. The molecule has 30 heavy (non-hydrogen) atoms. The van der Waals surface area contributed by atoms with Crippen LogP contribution in [0.4, 0.5) is 4.39 Å². The van der Waals surface area contributed by atoms with Gasteiger partial charge in [0.2, 0.25) is 11.8 Å². The second-order valence-electron chi connectivity index (χ2n) is 8.77. The highest BCUT2D eigenvalue weighted by atomic mass is 19.1. The Morgan fingerprint density at radius 2 is 1.57 bits per heavy atom. The Labute approximate surface area is 177 Å². The Morgan fingerprint density at radius 3 is 2.13 bits per heavy atom. The van der Waals surface area contributed by atoms with E-state index in [1.165, 1.54) is 24.3 Å². The molecule has 1 aromatic carbocycles. The molecule has 7 heteroatoms. The number of amides is 3. The maximum atomic E-state index is 13.2. The Balaban J connectivity index is 1.65. The quantitative estimate of drug-likeness (QED) is 0.747. The monoisotopic (exact) mass is 417 g/mol. The van der Waals surface area contributed by atoms with Gasteiger partial charge < -0.3 is 15.5 Å². The number of hydrogen-bond donors (Lipinski definition) is 2. The topological polar surface area (TPSA) is 78.5 Å². The van der Waals surface area contributed by atoms with Gasteiger partial charge in [-0.25, -0.2) is 4.39 Å². The number of hydrogen-bond acceptors (Lipinski definition) is 3. The van der Waals surface area contributed by atoms with E-state index in [0.717, 1.165) is 25.7 Å². The molecule has 1 aliphatic heterocycles. The van der Waals surface area contributed by atoms with Gasteiger partial charge in [-0.15, -0.1) is 0 Å². The lowest BCUT2D eigenvalue weighted by Crippen LogP contribution is -2.55. The number of nitrogens with one attached hydrogen (secondary N) is 2. The molecule has 0 bridgehead atoms. The van der Waals surface area contributed by atoms with E-state index in [9.17, 15) is 18.8 Å². The maximum absolute atomic E-state index is 13.2. The molecule has 6 nitrogen and oxygen atoms in total. The van der Waals surface area contributed by atoms with E-state index < -0.39 is 17.8 Å². The minimum atomic E-state index is -0.686. The van der Waals surface area contributed by atoms with E-state index >= 15 is 0 Å². The van der Waals surface area contributed by atoms with Crippen LogP contribution in [0, 0.1) is 17.7 Å². The van der Waals surface area contributed by atoms with Gasteiger partial charge in [-0.3, -0.25) is 14.4 Å². The fourth-order valence-electron chi connectivity index (χ4n) is 4.48. The normalized spacial score (nSPS) is 19.0. The number of benzene rings is 1. The lowest BCUT2D eigenvalue weighted by atomic mass is 9.87. The number of likely N-dealkylation sites (tertiary alicyclic amines) is 1. The van der Waals surface area contributed by atoms with Crippen molar-refractivity contribution in [2.24, 2.45) is 11.8 Å². The highest BCUT2D eigenvalue weighted by Crippen LogP contribution is 2.29. The van der Waals surface area contributed by atoms with Crippen molar-refractivity contribution >= 4 is 17.7 Å². The Morgan fingerprint density at radius 1 is 0.967 bits per heavy atom. The number of rotatable bonds is 6. The first kappa shape index (κ1) is 22.2. The molecule has 1 saturated heterocycles. The summed E-state index contributed by atoms with van der Waals surface area (Å²) in [6.07, 6.45) is 5.54. The fraction of sp³-hybridized carbons (Fsp3) is 0.609. The summed E-state index contributed by atoms with van der Waals surface area (Å²) in [6, 6.07) is 4.53. The minimum Gasteiger partial charge on any atom is -0.352 e. The van der Waals surface area contributed by atoms with Gasteiger partial charge in [0.25, 0.3) is 5.91 Å². The van der Waals surface area contributed by atoms with Crippen molar-refractivity contribution in [1.29, 1.82) is 0 Å². The van der Waals surface area contributed by atoms with Gasteiger partial charge in [0, 0.05) is 30.6 Å². The zero-order chi connectivity index (χ0) is 21.7. The SMILES string of the molecule is CC(C)NC(=O)[C@H](NC(=O)c1ccc(F)cc1)C1CCN(C(=O)C2CCCC2)CC1. The molecule has 0 unspecified atom stereocenters. The molecular weight excluding hydrogens is 385 g/mol. The summed E-state index contributed by atoms with van der Waals surface area (Å²) >= 11 is 0. The summed E-state index contributed by atoms with van der Waals surface area (Å²) < 4.78 is 13.2. The molecular formula is C23H32FN3O3. The largest absolute Gasteiger partial charge is 0.352 e. The third kappa shape index (κ3) is 5.58. The zero-order valence-electron chi connectivity index (χ0n) is 17.8. The van der Waals surface area contributed by atoms with E-state index in [2.05, 4.69) is 10.6 Å². The van der Waals surface area contributed by atoms with Gasteiger partial charge in [0.1, 0.15) is 11.9 Å². The predicted molar refractivity (Wildman–Crippen MR) is 112 cm³/mol. The molecule has 1 saturated carbocycles. The Bertz CT molecular complexity index is 751. The minimum absolute atomic E-state index is 0.0493. The van der Waals surface area contributed by atoms with Gasteiger partial charge in [-0.2, -0.15) is 0 Å². The lowest BCUT2D eigenvalue weighted by molar-refractivity contribution is -0.137. The summed E-state index contributed by atoms with van der Waals surface area (Å²) in [6.45, 7) is 4.97. The molecule has 2 fully saturated rings. The van der Waals surface area contributed by atoms with Gasteiger partial charge in [-0.05, 0) is 69.7 Å². The van der Waals surface area contributed by atoms with Gasteiger partial charge in [0.15, 0.2) is 0 Å². The number of carbonyl (C=O) groups excluding carboxylic acids is 3. The second-order valence-corrected chi connectivity index (χ2v) is 8.77. The molecule has 0 aromatic heterocycles. The van der Waals surface area contributed by atoms with Crippen LogP contribution in [0.25, 0.3) is 0 Å². The second kappa shape index (κ2) is 10.0. The van der Waals surface area contributed by atoms with Crippen LogP contribution in [0.15, 0.2) is 24.3 Å². The van der Waals surface area contributed by atoms with Crippen LogP contribution in [-0.4, -0.2) is 47.8 Å². The molecule has 3 rings (SSSR count). The third-order valence-electron chi connectivity index (χ3n) is 6.13. The Hall–Kier alpha value is -2.44. The van der Waals surface area contributed by atoms with Crippen molar-refractivity contribution in [2.45, 2.75) is 64.5 Å². The highest BCUT2D eigenvalue weighted by Gasteiger charge is 2.36. The summed E-state index contributed by atoms with van der Waals surface area (Å²) in [4.78, 5) is 40.1. The van der Waals surface area contributed by atoms with E-state index in [0.29, 0.717) is 31.5 Å². The van der Waals surface area contributed by atoms with Crippen LogP contribution in [0.2, 0.25) is 0 Å². The van der Waals surface area contributed by atoms with Crippen molar-refractivity contribution in [2.75, 3.05) is 13.1 Å². The Kier molecular flexibility index (Phi) is 7.45. The number of carbonyl (C=O) groups is 3. The van der Waals surface area contributed by atoms with E-state index in [4.69, 9.17) is 0 Å². The standard InChI is InChI=1S/C23H32FN3O3/c1-15(2)25-22(29)20(26-21(28)17-7-9-19(24)10-8-17)16-11-13-27(14-12-16)23(30)18-5-3-4-6-18/h7-10,15-16,18,20H,3-6,11-14H2,1-2H3,(H,25,29)(H,26,28)/t20-/m1/s1. The van der Waals surface area contributed by atoms with Crippen molar-refractivity contribution < 1.29 is 18.8 Å². The third-order valence-corrected chi connectivity index (χ3v) is 6.13. The first-order valence-electron chi connectivity index (χ1n) is 11.0. The van der Waals surface area contributed by atoms with Crippen LogP contribution < -0.4 is 10.6 Å². The molecule has 3 amide bonds. The van der Waals surface area contributed by atoms with E-state index in [1.807, 2.05) is 18.7 Å². The summed E-state index contributed by atoms with van der Waals surface area (Å²) in [7, 11) is 0. The summed E-state index contributed by atoms with van der Waals surface area (Å²) in [5.74, 6) is -0.700. The average Bonchev–Trinajstić information content (AvgIpc) is 3.26. The zero-order valence-corrected chi connectivity index (χ0v) is 17.8. The first-order valence-corrected chi connectivity index (χ1v) is 11.0. The summed E-state index contributed by atoms with van der Waals surface area (Å²) in [5, 5.41) is 5.74. The predicted octanol–water partition coefficient (Wildman–Crippen LogP) is 2.88. The van der Waals surface area contributed by atoms with Crippen LogP contribution in [0.5, 0.6) is 0 Å². The molecule has 2 N–H and O–H groups in total. The van der Waals surface area contributed by atoms with Crippen LogP contribution in [-0.2, 0) is 9.59 Å². The average molecular weight is 418 g/mol. The van der Waals surface area contributed by atoms with Crippen LogP contribution >= 0.6 is 0 Å². The van der Waals surface area contributed by atoms with E-state index in [1.54, 1.807) is 0 Å². The fourth-order valence-corrected chi connectivity index (χ4v) is 4.48. The molecule has 2 aliphatic rings. The molecule has 1 heterocycles. The van der Waals surface area contributed by atoms with Crippen LogP contribution in [0.3, 0.4) is 0 Å². The molecule has 1 aliphatic carbocycles. The van der Waals surface area contributed by atoms with Gasteiger partial charge >= 0.3 is 0 Å². The van der Waals surface area contributed by atoms with Gasteiger partial charge in [-0.1, -0.05) is 12.8 Å². The smallest absolute Gasteiger partial charge is 0.251 e. The molecule has 0 spiro atoms. The van der Waals surface area contributed by atoms with E-state index in [-0.39, 0.29) is 29.7 Å². The summed E-state index contributed by atoms with van der Waals surface area (Å²) in [5.41, 5.74) is 0.313. The van der Waals surface area contributed by atoms with Crippen molar-refractivity contribution in [3.05, 3.63) is 35.6 Å². The lowest BCUT2D eigenvalue weighted by Gasteiger charge is -2.37. The number of halogens is 1. The first-order chi connectivity index (χ1) is 14.3. The maximum Gasteiger partial charge on any atom is 0.251 e. The van der Waals surface area contributed by atoms with Crippen molar-refractivity contribution in [1.82, 2.24) is 15.5 Å². The number of nitrogens with zero attached hydrogens (tertiary/aromatic N) is 1. The van der Waals surface area contributed by atoms with Crippen LogP contribution in [0.1, 0.15) is 62.7 Å². The van der Waals surface area contributed by atoms with Gasteiger partial charge in [0.05, 0.1) is 0 Å². The molecule has 1 aromatic rings.